The molecule has 0 amide bonds. The van der Waals surface area contributed by atoms with E-state index in [2.05, 4.69) is 4.74 Å². The standard InChI is InChI=1S/C14H10ClF3O2/c15-12-5-3-9(4-6-12)10-1-2-11(8-19)13(7-10)20-14(16,17)18/h1-7,19H,8H2. The normalized spacial score (nSPS) is 11.4. The van der Waals surface area contributed by atoms with Gasteiger partial charge in [-0.05, 0) is 29.3 Å². The summed E-state index contributed by atoms with van der Waals surface area (Å²) in [7, 11) is 0. The molecule has 0 aliphatic carbocycles. The highest BCUT2D eigenvalue weighted by molar-refractivity contribution is 6.30. The van der Waals surface area contributed by atoms with Crippen molar-refractivity contribution in [2.45, 2.75) is 13.0 Å². The summed E-state index contributed by atoms with van der Waals surface area (Å²) < 4.78 is 40.9. The van der Waals surface area contributed by atoms with Crippen molar-refractivity contribution in [3.05, 3.63) is 53.1 Å². The van der Waals surface area contributed by atoms with Crippen LogP contribution in [0.25, 0.3) is 11.1 Å². The third-order valence-electron chi connectivity index (χ3n) is 2.64. The summed E-state index contributed by atoms with van der Waals surface area (Å²) >= 11 is 5.76. The van der Waals surface area contributed by atoms with Gasteiger partial charge in [0.15, 0.2) is 0 Å². The molecule has 20 heavy (non-hydrogen) atoms. The number of ether oxygens (including phenoxy) is 1. The fourth-order valence-corrected chi connectivity index (χ4v) is 1.85. The van der Waals surface area contributed by atoms with E-state index in [1.54, 1.807) is 30.3 Å². The Balaban J connectivity index is 2.41. The van der Waals surface area contributed by atoms with Gasteiger partial charge in [-0.2, -0.15) is 0 Å². The quantitative estimate of drug-likeness (QED) is 0.910. The Hall–Kier alpha value is -1.72. The molecule has 0 radical (unpaired) electrons. The molecule has 2 aromatic carbocycles. The molecule has 0 bridgehead atoms. The number of rotatable bonds is 3. The van der Waals surface area contributed by atoms with Gasteiger partial charge in [0, 0.05) is 10.6 Å². The van der Waals surface area contributed by atoms with Crippen molar-refractivity contribution < 1.29 is 23.0 Å². The first-order valence-corrected chi connectivity index (χ1v) is 6.02. The van der Waals surface area contributed by atoms with Gasteiger partial charge in [0.2, 0.25) is 0 Å². The van der Waals surface area contributed by atoms with Crippen LogP contribution in [0.15, 0.2) is 42.5 Å². The van der Waals surface area contributed by atoms with Crippen LogP contribution >= 0.6 is 11.6 Å². The highest BCUT2D eigenvalue weighted by Gasteiger charge is 2.32. The van der Waals surface area contributed by atoms with E-state index in [1.165, 1.54) is 12.1 Å². The molecule has 0 aromatic heterocycles. The van der Waals surface area contributed by atoms with Gasteiger partial charge < -0.3 is 9.84 Å². The summed E-state index contributed by atoms with van der Waals surface area (Å²) in [5.74, 6) is -0.410. The number of alkyl halides is 3. The molecule has 6 heteroatoms. The maximum Gasteiger partial charge on any atom is 0.573 e. The zero-order valence-corrected chi connectivity index (χ0v) is 10.9. The minimum Gasteiger partial charge on any atom is -0.405 e. The monoisotopic (exact) mass is 302 g/mol. The molecule has 2 nitrogen and oxygen atoms in total. The van der Waals surface area contributed by atoms with Crippen molar-refractivity contribution >= 4 is 11.6 Å². The summed E-state index contributed by atoms with van der Waals surface area (Å²) in [5.41, 5.74) is 1.31. The van der Waals surface area contributed by atoms with Crippen LogP contribution in [0.1, 0.15) is 5.56 Å². The Bertz CT molecular complexity index is 594. The topological polar surface area (TPSA) is 29.5 Å². The van der Waals surface area contributed by atoms with Crippen LogP contribution in [0.5, 0.6) is 5.75 Å². The lowest BCUT2D eigenvalue weighted by molar-refractivity contribution is -0.275. The van der Waals surface area contributed by atoms with E-state index in [-0.39, 0.29) is 5.56 Å². The molecule has 0 saturated heterocycles. The van der Waals surface area contributed by atoms with Crippen LogP contribution in [-0.4, -0.2) is 11.5 Å². The summed E-state index contributed by atoms with van der Waals surface area (Å²) in [4.78, 5) is 0. The van der Waals surface area contributed by atoms with Gasteiger partial charge >= 0.3 is 6.36 Å². The second-order valence-electron chi connectivity index (χ2n) is 4.04. The lowest BCUT2D eigenvalue weighted by atomic mass is 10.0. The SMILES string of the molecule is OCc1ccc(-c2ccc(Cl)cc2)cc1OC(F)(F)F. The first-order chi connectivity index (χ1) is 9.39. The van der Waals surface area contributed by atoms with Crippen molar-refractivity contribution in [3.63, 3.8) is 0 Å². The molecule has 2 rings (SSSR count). The van der Waals surface area contributed by atoms with Crippen LogP contribution in [-0.2, 0) is 6.61 Å². The summed E-state index contributed by atoms with van der Waals surface area (Å²) in [6.45, 7) is -0.535. The van der Waals surface area contributed by atoms with E-state index in [9.17, 15) is 13.2 Å². The highest BCUT2D eigenvalue weighted by atomic mass is 35.5. The largest absolute Gasteiger partial charge is 0.573 e. The van der Waals surface area contributed by atoms with Crippen LogP contribution in [0, 0.1) is 0 Å². The molecule has 106 valence electrons. The maximum atomic E-state index is 12.3. The van der Waals surface area contributed by atoms with Crippen LogP contribution in [0.4, 0.5) is 13.2 Å². The Morgan fingerprint density at radius 3 is 2.15 bits per heavy atom. The summed E-state index contributed by atoms with van der Waals surface area (Å²) in [5, 5.41) is 9.58. The molecule has 0 aliphatic heterocycles. The number of hydrogen-bond acceptors (Lipinski definition) is 2. The zero-order chi connectivity index (χ0) is 14.8. The number of benzene rings is 2. The molecule has 2 aromatic rings. The minimum absolute atomic E-state index is 0.0695. The Morgan fingerprint density at radius 2 is 1.60 bits per heavy atom. The predicted molar refractivity (Wildman–Crippen MR) is 69.5 cm³/mol. The summed E-state index contributed by atoms with van der Waals surface area (Å²) in [6.07, 6.45) is -4.80. The van der Waals surface area contributed by atoms with E-state index in [0.29, 0.717) is 16.1 Å². The van der Waals surface area contributed by atoms with Crippen molar-refractivity contribution in [2.24, 2.45) is 0 Å². The van der Waals surface area contributed by atoms with Crippen LogP contribution < -0.4 is 4.74 Å². The minimum atomic E-state index is -4.80. The van der Waals surface area contributed by atoms with Crippen molar-refractivity contribution in [3.8, 4) is 16.9 Å². The van der Waals surface area contributed by atoms with E-state index in [4.69, 9.17) is 16.7 Å². The fourth-order valence-electron chi connectivity index (χ4n) is 1.73. The lowest BCUT2D eigenvalue weighted by Crippen LogP contribution is -2.18. The molecule has 0 spiro atoms. The third kappa shape index (κ3) is 3.65. The van der Waals surface area contributed by atoms with Crippen LogP contribution in [0.3, 0.4) is 0 Å². The van der Waals surface area contributed by atoms with Gasteiger partial charge in [-0.3, -0.25) is 0 Å². The number of aliphatic hydroxyl groups excluding tert-OH is 1. The molecule has 0 heterocycles. The predicted octanol–water partition coefficient (Wildman–Crippen LogP) is 4.40. The second-order valence-corrected chi connectivity index (χ2v) is 4.47. The zero-order valence-electron chi connectivity index (χ0n) is 10.1. The smallest absolute Gasteiger partial charge is 0.405 e. The average Bonchev–Trinajstić information content (AvgIpc) is 2.37. The van der Waals surface area contributed by atoms with Crippen LogP contribution in [0.2, 0.25) is 5.02 Å². The molecule has 0 aliphatic rings. The fraction of sp³-hybridized carbons (Fsp3) is 0.143. The Labute approximate surface area is 118 Å². The van der Waals surface area contributed by atoms with Gasteiger partial charge in [0.25, 0.3) is 0 Å². The molecular formula is C14H10ClF3O2. The molecule has 0 saturated carbocycles. The molecule has 0 atom stereocenters. The molecule has 0 fully saturated rings. The van der Waals surface area contributed by atoms with E-state index < -0.39 is 18.7 Å². The Kier molecular flexibility index (Phi) is 4.20. The lowest BCUT2D eigenvalue weighted by Gasteiger charge is -2.13. The van der Waals surface area contributed by atoms with Gasteiger partial charge in [-0.25, -0.2) is 0 Å². The first kappa shape index (κ1) is 14.7. The highest BCUT2D eigenvalue weighted by Crippen LogP contribution is 2.31. The van der Waals surface area contributed by atoms with Gasteiger partial charge in [-0.15, -0.1) is 13.2 Å². The van der Waals surface area contributed by atoms with Crippen molar-refractivity contribution in [1.29, 1.82) is 0 Å². The first-order valence-electron chi connectivity index (χ1n) is 5.64. The number of aliphatic hydroxyl groups is 1. The third-order valence-corrected chi connectivity index (χ3v) is 2.89. The van der Waals surface area contributed by atoms with Gasteiger partial charge in [0.05, 0.1) is 6.61 Å². The second kappa shape index (κ2) is 5.73. The number of hydrogen-bond donors (Lipinski definition) is 1. The van der Waals surface area contributed by atoms with E-state index in [0.717, 1.165) is 0 Å². The molecular weight excluding hydrogens is 293 g/mol. The van der Waals surface area contributed by atoms with E-state index >= 15 is 0 Å². The Morgan fingerprint density at radius 1 is 1.00 bits per heavy atom. The van der Waals surface area contributed by atoms with E-state index in [1.807, 2.05) is 0 Å². The maximum absolute atomic E-state index is 12.3. The van der Waals surface area contributed by atoms with Crippen molar-refractivity contribution in [2.75, 3.05) is 0 Å². The van der Waals surface area contributed by atoms with Crippen molar-refractivity contribution in [1.82, 2.24) is 0 Å². The van der Waals surface area contributed by atoms with Gasteiger partial charge in [-0.1, -0.05) is 35.9 Å². The number of halogens is 4. The average molecular weight is 303 g/mol. The summed E-state index contributed by atoms with van der Waals surface area (Å²) in [6, 6.07) is 10.9. The molecule has 1 N–H and O–H groups in total. The van der Waals surface area contributed by atoms with Gasteiger partial charge in [0.1, 0.15) is 5.75 Å². The molecule has 0 unspecified atom stereocenters.